The number of fused-ring (bicyclic) bond motifs is 1. The highest BCUT2D eigenvalue weighted by atomic mass is 16.5. The zero-order valence-electron chi connectivity index (χ0n) is 22.1. The van der Waals surface area contributed by atoms with E-state index in [0.29, 0.717) is 25.2 Å². The number of hydrogen-bond acceptors (Lipinski definition) is 7. The standard InChI is InChI=1S/C29H32N6O3/c1-5-27(28-31-32-33-35(28)16-21-8-10-23(37-4)11-9-21)34(18-24-7-6-12-38-24)17-22-15-25-20(3)13-19(2)14-26(25)30-29(22)36/h6-15,27H,5,16-18H2,1-4H3,(H,30,36)/t27-/m1/s1. The van der Waals surface area contributed by atoms with Crippen LogP contribution in [0.3, 0.4) is 0 Å². The molecule has 0 saturated heterocycles. The van der Waals surface area contributed by atoms with Crippen molar-refractivity contribution in [1.82, 2.24) is 30.1 Å². The van der Waals surface area contributed by atoms with Gasteiger partial charge in [0, 0.05) is 23.0 Å². The van der Waals surface area contributed by atoms with Gasteiger partial charge in [0.1, 0.15) is 11.5 Å². The number of pyridine rings is 1. The van der Waals surface area contributed by atoms with E-state index in [4.69, 9.17) is 9.15 Å². The second-order valence-corrected chi connectivity index (χ2v) is 9.62. The quantitative estimate of drug-likeness (QED) is 0.283. The Balaban J connectivity index is 1.50. The van der Waals surface area contributed by atoms with Crippen LogP contribution < -0.4 is 10.3 Å². The second-order valence-electron chi connectivity index (χ2n) is 9.62. The van der Waals surface area contributed by atoms with Crippen molar-refractivity contribution < 1.29 is 9.15 Å². The number of nitrogens with zero attached hydrogens (tertiary/aromatic N) is 5. The Morgan fingerprint density at radius 3 is 2.63 bits per heavy atom. The highest BCUT2D eigenvalue weighted by Crippen LogP contribution is 2.28. The summed E-state index contributed by atoms with van der Waals surface area (Å²) in [7, 11) is 1.65. The topological polar surface area (TPSA) is 102 Å². The van der Waals surface area contributed by atoms with Crippen molar-refractivity contribution >= 4 is 10.9 Å². The van der Waals surface area contributed by atoms with Crippen LogP contribution in [-0.4, -0.2) is 37.2 Å². The third-order valence-electron chi connectivity index (χ3n) is 6.88. The van der Waals surface area contributed by atoms with Gasteiger partial charge in [0.15, 0.2) is 5.82 Å². The number of hydrogen-bond donors (Lipinski definition) is 1. The number of benzene rings is 2. The average Bonchev–Trinajstić information content (AvgIpc) is 3.58. The predicted octanol–water partition coefficient (Wildman–Crippen LogP) is 4.93. The van der Waals surface area contributed by atoms with Crippen molar-refractivity contribution in [3.05, 3.63) is 105 Å². The van der Waals surface area contributed by atoms with E-state index < -0.39 is 0 Å². The molecule has 0 radical (unpaired) electrons. The summed E-state index contributed by atoms with van der Waals surface area (Å²) < 4.78 is 12.8. The molecule has 0 saturated carbocycles. The van der Waals surface area contributed by atoms with Crippen molar-refractivity contribution in [3.63, 3.8) is 0 Å². The first kappa shape index (κ1) is 25.4. The zero-order valence-corrected chi connectivity index (χ0v) is 22.1. The summed E-state index contributed by atoms with van der Waals surface area (Å²) in [5.41, 5.74) is 4.74. The average molecular weight is 513 g/mol. The zero-order chi connectivity index (χ0) is 26.6. The van der Waals surface area contributed by atoms with E-state index in [1.54, 1.807) is 13.4 Å². The molecule has 9 heteroatoms. The van der Waals surface area contributed by atoms with Crippen molar-refractivity contribution in [1.29, 1.82) is 0 Å². The Labute approximate surface area is 221 Å². The number of aromatic nitrogens is 5. The lowest BCUT2D eigenvalue weighted by Gasteiger charge is -2.29. The fourth-order valence-electron chi connectivity index (χ4n) is 5.00. The van der Waals surface area contributed by atoms with Gasteiger partial charge in [0.25, 0.3) is 5.56 Å². The van der Waals surface area contributed by atoms with Gasteiger partial charge in [-0.15, -0.1) is 5.10 Å². The maximum atomic E-state index is 13.2. The number of aryl methyl sites for hydroxylation is 2. The lowest BCUT2D eigenvalue weighted by Crippen LogP contribution is -2.32. The van der Waals surface area contributed by atoms with Crippen LogP contribution in [0.15, 0.2) is 70.1 Å². The molecule has 3 heterocycles. The summed E-state index contributed by atoms with van der Waals surface area (Å²) in [6.45, 7) is 7.64. The predicted molar refractivity (Wildman–Crippen MR) is 145 cm³/mol. The molecule has 5 aromatic rings. The molecule has 2 aromatic carbocycles. The Morgan fingerprint density at radius 1 is 1.11 bits per heavy atom. The molecule has 1 N–H and O–H groups in total. The lowest BCUT2D eigenvalue weighted by molar-refractivity contribution is 0.149. The van der Waals surface area contributed by atoms with Crippen molar-refractivity contribution in [2.45, 2.75) is 52.9 Å². The SMILES string of the molecule is CC[C@H](c1nnnn1Cc1ccc(OC)cc1)N(Cc1ccco1)Cc1cc2c(C)cc(C)cc2[nH]c1=O. The van der Waals surface area contributed by atoms with Gasteiger partial charge in [0.05, 0.1) is 32.5 Å². The number of tetrazole rings is 1. The first-order valence-corrected chi connectivity index (χ1v) is 12.7. The summed E-state index contributed by atoms with van der Waals surface area (Å²) in [4.78, 5) is 18.5. The first-order chi connectivity index (χ1) is 18.4. The van der Waals surface area contributed by atoms with Crippen LogP contribution in [0.25, 0.3) is 10.9 Å². The van der Waals surface area contributed by atoms with Crippen LogP contribution in [0.5, 0.6) is 5.75 Å². The highest BCUT2D eigenvalue weighted by Gasteiger charge is 2.27. The largest absolute Gasteiger partial charge is 0.497 e. The Hall–Kier alpha value is -4.24. The van der Waals surface area contributed by atoms with E-state index in [0.717, 1.165) is 51.3 Å². The maximum absolute atomic E-state index is 13.2. The number of aromatic amines is 1. The molecule has 0 bridgehead atoms. The molecule has 0 aliphatic heterocycles. The molecule has 5 rings (SSSR count). The fraction of sp³-hybridized carbons (Fsp3) is 0.310. The minimum Gasteiger partial charge on any atom is -0.497 e. The summed E-state index contributed by atoms with van der Waals surface area (Å²) in [6, 6.07) is 17.7. The molecule has 0 unspecified atom stereocenters. The summed E-state index contributed by atoms with van der Waals surface area (Å²) >= 11 is 0. The third-order valence-corrected chi connectivity index (χ3v) is 6.88. The van der Waals surface area contributed by atoms with Crippen molar-refractivity contribution in [3.8, 4) is 5.75 Å². The van der Waals surface area contributed by atoms with Gasteiger partial charge in [-0.05, 0) is 83.8 Å². The minimum atomic E-state index is -0.150. The van der Waals surface area contributed by atoms with Gasteiger partial charge in [-0.1, -0.05) is 25.1 Å². The van der Waals surface area contributed by atoms with Gasteiger partial charge in [-0.2, -0.15) is 0 Å². The van der Waals surface area contributed by atoms with Crippen molar-refractivity contribution in [2.75, 3.05) is 7.11 Å². The molecule has 9 nitrogen and oxygen atoms in total. The Bertz CT molecular complexity index is 1570. The Kier molecular flexibility index (Phi) is 7.37. The molecule has 0 aliphatic rings. The molecule has 0 aliphatic carbocycles. The summed E-state index contributed by atoms with van der Waals surface area (Å²) in [5, 5.41) is 13.8. The Morgan fingerprint density at radius 2 is 1.92 bits per heavy atom. The van der Waals surface area contributed by atoms with E-state index in [-0.39, 0.29) is 11.6 Å². The van der Waals surface area contributed by atoms with Crippen LogP contribution in [0.1, 0.15) is 53.2 Å². The number of rotatable bonds is 10. The highest BCUT2D eigenvalue weighted by molar-refractivity contribution is 5.83. The number of ether oxygens (including phenoxy) is 1. The maximum Gasteiger partial charge on any atom is 0.252 e. The molecule has 3 aromatic heterocycles. The van der Waals surface area contributed by atoms with Crippen LogP contribution >= 0.6 is 0 Å². The lowest BCUT2D eigenvalue weighted by atomic mass is 10.0. The molecule has 0 fully saturated rings. The summed E-state index contributed by atoms with van der Waals surface area (Å²) in [5.74, 6) is 2.34. The van der Waals surface area contributed by atoms with E-state index in [2.05, 4.69) is 45.3 Å². The number of methoxy groups -OCH3 is 1. The smallest absolute Gasteiger partial charge is 0.252 e. The van der Waals surface area contributed by atoms with E-state index in [9.17, 15) is 4.79 Å². The van der Waals surface area contributed by atoms with Crippen LogP contribution in [0, 0.1) is 13.8 Å². The van der Waals surface area contributed by atoms with Gasteiger partial charge in [-0.3, -0.25) is 9.69 Å². The molecular weight excluding hydrogens is 480 g/mol. The third kappa shape index (κ3) is 5.38. The van der Waals surface area contributed by atoms with E-state index in [1.165, 1.54) is 0 Å². The first-order valence-electron chi connectivity index (χ1n) is 12.7. The fourth-order valence-corrected chi connectivity index (χ4v) is 5.00. The van der Waals surface area contributed by atoms with Gasteiger partial charge >= 0.3 is 0 Å². The normalized spacial score (nSPS) is 12.3. The van der Waals surface area contributed by atoms with Gasteiger partial charge < -0.3 is 14.1 Å². The minimum absolute atomic E-state index is 0.0976. The van der Waals surface area contributed by atoms with Gasteiger partial charge in [-0.25, -0.2) is 4.68 Å². The number of furan rings is 1. The van der Waals surface area contributed by atoms with Crippen LogP contribution in [-0.2, 0) is 19.6 Å². The number of H-pyrrole nitrogens is 1. The van der Waals surface area contributed by atoms with E-state index in [1.807, 2.05) is 60.1 Å². The monoisotopic (exact) mass is 512 g/mol. The molecule has 196 valence electrons. The molecule has 0 amide bonds. The van der Waals surface area contributed by atoms with E-state index >= 15 is 0 Å². The number of nitrogens with one attached hydrogen (secondary N) is 1. The second kappa shape index (κ2) is 11.0. The van der Waals surface area contributed by atoms with Crippen molar-refractivity contribution in [2.24, 2.45) is 0 Å². The molecule has 38 heavy (non-hydrogen) atoms. The molecule has 1 atom stereocenters. The van der Waals surface area contributed by atoms with Crippen LogP contribution in [0.4, 0.5) is 0 Å². The molecular formula is C29H32N6O3. The molecule has 0 spiro atoms. The van der Waals surface area contributed by atoms with Crippen LogP contribution in [0.2, 0.25) is 0 Å². The summed E-state index contributed by atoms with van der Waals surface area (Å²) in [6.07, 6.45) is 2.41. The van der Waals surface area contributed by atoms with Gasteiger partial charge in [0.2, 0.25) is 0 Å².